The number of carbonyl (C=O) groups is 2. The lowest BCUT2D eigenvalue weighted by Gasteiger charge is -2.10. The minimum Gasteiger partial charge on any atom is -0.493 e. The Balaban J connectivity index is 1.53. The van der Waals surface area contributed by atoms with Gasteiger partial charge in [0.1, 0.15) is 5.75 Å². The molecule has 2 N–H and O–H groups in total. The third-order valence-corrected chi connectivity index (χ3v) is 4.34. The largest absolute Gasteiger partial charge is 0.493 e. The van der Waals surface area contributed by atoms with Crippen LogP contribution < -0.4 is 15.6 Å². The fraction of sp³-hybridized carbons (Fsp3) is 0.0909. The van der Waals surface area contributed by atoms with Gasteiger partial charge in [0.15, 0.2) is 0 Å². The average Bonchev–Trinajstić information content (AvgIpc) is 2.73. The maximum atomic E-state index is 12.3. The summed E-state index contributed by atoms with van der Waals surface area (Å²) in [5, 5.41) is 0.308. The van der Waals surface area contributed by atoms with Crippen LogP contribution in [0, 0.1) is 0 Å². The zero-order chi connectivity index (χ0) is 19.8. The molecule has 0 aliphatic rings. The van der Waals surface area contributed by atoms with Crippen molar-refractivity contribution in [2.45, 2.75) is 6.42 Å². The third-order valence-electron chi connectivity index (χ3n) is 4.01. The fourth-order valence-corrected chi connectivity index (χ4v) is 2.78. The highest BCUT2D eigenvalue weighted by molar-refractivity contribution is 6.33. The summed E-state index contributed by atoms with van der Waals surface area (Å²) in [5.74, 6) is -0.357. The van der Waals surface area contributed by atoms with Gasteiger partial charge in [-0.25, -0.2) is 0 Å². The molecule has 0 aromatic heterocycles. The zero-order valence-electron chi connectivity index (χ0n) is 15.0. The van der Waals surface area contributed by atoms with E-state index >= 15 is 0 Å². The number of nitrogens with one attached hydrogen (secondary N) is 2. The molecule has 142 valence electrons. The molecule has 3 aromatic rings. The summed E-state index contributed by atoms with van der Waals surface area (Å²) in [7, 11) is 0. The molecule has 0 aliphatic carbocycles. The van der Waals surface area contributed by atoms with Gasteiger partial charge in [-0.3, -0.25) is 20.4 Å². The van der Waals surface area contributed by atoms with Crippen molar-refractivity contribution in [3.8, 4) is 5.75 Å². The molecule has 0 saturated carbocycles. The van der Waals surface area contributed by atoms with E-state index in [-0.39, 0.29) is 5.56 Å². The van der Waals surface area contributed by atoms with Gasteiger partial charge in [-0.05, 0) is 35.9 Å². The second-order valence-electron chi connectivity index (χ2n) is 6.00. The molecule has 0 saturated heterocycles. The van der Waals surface area contributed by atoms with Crippen molar-refractivity contribution in [1.29, 1.82) is 0 Å². The second-order valence-corrected chi connectivity index (χ2v) is 6.41. The summed E-state index contributed by atoms with van der Waals surface area (Å²) in [6.45, 7) is 0.498. The van der Waals surface area contributed by atoms with Gasteiger partial charge in [-0.15, -0.1) is 0 Å². The molecular weight excluding hydrogens is 376 g/mol. The minimum absolute atomic E-state index is 0.280. The number of carbonyl (C=O) groups excluding carboxylic acids is 2. The van der Waals surface area contributed by atoms with Crippen molar-refractivity contribution in [3.05, 3.63) is 101 Å². The number of rotatable bonds is 6. The van der Waals surface area contributed by atoms with Crippen LogP contribution in [0.3, 0.4) is 0 Å². The Kier molecular flexibility index (Phi) is 6.65. The molecule has 0 bridgehead atoms. The highest BCUT2D eigenvalue weighted by Crippen LogP contribution is 2.15. The van der Waals surface area contributed by atoms with E-state index in [9.17, 15) is 9.59 Å². The predicted octanol–water partition coefficient (Wildman–Crippen LogP) is 4.04. The van der Waals surface area contributed by atoms with Crippen molar-refractivity contribution in [3.63, 3.8) is 0 Å². The molecule has 0 radical (unpaired) electrons. The highest BCUT2D eigenvalue weighted by atomic mass is 35.5. The van der Waals surface area contributed by atoms with E-state index in [2.05, 4.69) is 10.9 Å². The quantitative estimate of drug-likeness (QED) is 0.620. The van der Waals surface area contributed by atoms with Gasteiger partial charge in [0.05, 0.1) is 17.2 Å². The van der Waals surface area contributed by atoms with Crippen LogP contribution in [0.4, 0.5) is 0 Å². The first-order valence-electron chi connectivity index (χ1n) is 8.75. The summed E-state index contributed by atoms with van der Waals surface area (Å²) in [5.41, 5.74) is 6.57. The monoisotopic (exact) mass is 394 g/mol. The van der Waals surface area contributed by atoms with Crippen LogP contribution in [0.2, 0.25) is 5.02 Å². The first-order chi connectivity index (χ1) is 13.6. The van der Waals surface area contributed by atoms with Crippen molar-refractivity contribution < 1.29 is 14.3 Å². The number of hydrogen-bond donors (Lipinski definition) is 2. The first-order valence-corrected chi connectivity index (χ1v) is 9.13. The third kappa shape index (κ3) is 5.34. The Hall–Kier alpha value is -3.31. The number of hydrogen-bond acceptors (Lipinski definition) is 3. The molecule has 0 heterocycles. The lowest BCUT2D eigenvalue weighted by atomic mass is 10.2. The van der Waals surface area contributed by atoms with E-state index < -0.39 is 11.8 Å². The Morgan fingerprint density at radius 3 is 2.32 bits per heavy atom. The van der Waals surface area contributed by atoms with Gasteiger partial charge in [0.2, 0.25) is 0 Å². The van der Waals surface area contributed by atoms with E-state index in [1.165, 1.54) is 5.56 Å². The molecule has 0 atom stereocenters. The summed E-state index contributed by atoms with van der Waals surface area (Å²) < 4.78 is 5.73. The predicted molar refractivity (Wildman–Crippen MR) is 108 cm³/mol. The fourth-order valence-electron chi connectivity index (χ4n) is 2.56. The van der Waals surface area contributed by atoms with Crippen LogP contribution in [0.25, 0.3) is 0 Å². The van der Waals surface area contributed by atoms with E-state index in [0.717, 1.165) is 6.42 Å². The maximum absolute atomic E-state index is 12.3. The standard InChI is InChI=1S/C22H19ClN2O3/c23-20-12-5-4-11-19(20)22(27)25-24-21(26)17-9-6-10-18(15-17)28-14-13-16-7-2-1-3-8-16/h1-12,15H,13-14H2,(H,24,26)(H,25,27). The highest BCUT2D eigenvalue weighted by Gasteiger charge is 2.12. The van der Waals surface area contributed by atoms with Crippen LogP contribution in [0.1, 0.15) is 26.3 Å². The molecule has 3 aromatic carbocycles. The number of hydrazine groups is 1. The summed E-state index contributed by atoms with van der Waals surface area (Å²) in [6.07, 6.45) is 0.769. The van der Waals surface area contributed by atoms with Gasteiger partial charge < -0.3 is 4.74 Å². The van der Waals surface area contributed by atoms with Crippen molar-refractivity contribution in [1.82, 2.24) is 10.9 Å². The van der Waals surface area contributed by atoms with E-state index in [1.807, 2.05) is 30.3 Å². The van der Waals surface area contributed by atoms with E-state index in [4.69, 9.17) is 16.3 Å². The van der Waals surface area contributed by atoms with Crippen LogP contribution in [-0.4, -0.2) is 18.4 Å². The van der Waals surface area contributed by atoms with Crippen LogP contribution in [0.15, 0.2) is 78.9 Å². The number of benzene rings is 3. The van der Waals surface area contributed by atoms with Gasteiger partial charge in [-0.2, -0.15) is 0 Å². The van der Waals surface area contributed by atoms with Gasteiger partial charge >= 0.3 is 0 Å². The lowest BCUT2D eigenvalue weighted by Crippen LogP contribution is -2.41. The minimum atomic E-state index is -0.491. The van der Waals surface area contributed by atoms with Crippen LogP contribution in [-0.2, 0) is 6.42 Å². The molecule has 28 heavy (non-hydrogen) atoms. The Labute approximate surface area is 168 Å². The van der Waals surface area contributed by atoms with Gasteiger partial charge in [0.25, 0.3) is 11.8 Å². The van der Waals surface area contributed by atoms with Crippen molar-refractivity contribution in [2.24, 2.45) is 0 Å². The molecule has 0 spiro atoms. The molecule has 2 amide bonds. The molecule has 0 fully saturated rings. The normalized spacial score (nSPS) is 10.2. The molecule has 0 unspecified atom stereocenters. The zero-order valence-corrected chi connectivity index (χ0v) is 15.8. The van der Waals surface area contributed by atoms with E-state index in [0.29, 0.717) is 22.9 Å². The topological polar surface area (TPSA) is 67.4 Å². The van der Waals surface area contributed by atoms with Crippen molar-refractivity contribution in [2.75, 3.05) is 6.61 Å². The molecule has 3 rings (SSSR count). The average molecular weight is 395 g/mol. The van der Waals surface area contributed by atoms with Crippen LogP contribution in [0.5, 0.6) is 5.75 Å². The Morgan fingerprint density at radius 1 is 0.821 bits per heavy atom. The van der Waals surface area contributed by atoms with Crippen molar-refractivity contribution >= 4 is 23.4 Å². The number of halogens is 1. The number of ether oxygens (including phenoxy) is 1. The summed E-state index contributed by atoms with van der Waals surface area (Å²) in [6, 6.07) is 23.4. The molecular formula is C22H19ClN2O3. The smallest absolute Gasteiger partial charge is 0.271 e. The molecule has 5 nitrogen and oxygen atoms in total. The summed E-state index contributed by atoms with van der Waals surface area (Å²) in [4.78, 5) is 24.4. The number of amides is 2. The lowest BCUT2D eigenvalue weighted by molar-refractivity contribution is 0.0846. The van der Waals surface area contributed by atoms with Crippen LogP contribution >= 0.6 is 11.6 Å². The summed E-state index contributed by atoms with van der Waals surface area (Å²) >= 11 is 5.97. The Morgan fingerprint density at radius 2 is 1.54 bits per heavy atom. The Bertz CT molecular complexity index is 961. The second kappa shape index (κ2) is 9.58. The first kappa shape index (κ1) is 19.5. The van der Waals surface area contributed by atoms with Gasteiger partial charge in [0, 0.05) is 12.0 Å². The van der Waals surface area contributed by atoms with E-state index in [1.54, 1.807) is 48.5 Å². The van der Waals surface area contributed by atoms with Gasteiger partial charge in [-0.1, -0.05) is 60.1 Å². The SMILES string of the molecule is O=C(NNC(=O)c1ccccc1Cl)c1cccc(OCCc2ccccc2)c1. The molecule has 0 aliphatic heterocycles. The molecule has 6 heteroatoms. The maximum Gasteiger partial charge on any atom is 0.271 e.